The summed E-state index contributed by atoms with van der Waals surface area (Å²) in [5.74, 6) is -2.87. The molecule has 0 spiro atoms. The molecular weight excluding hydrogens is 878 g/mol. The van der Waals surface area contributed by atoms with Crippen molar-refractivity contribution in [3.8, 4) is 0 Å². The number of anilines is 3. The fraction of sp³-hybridized carbons (Fsp3) is 0.489. The van der Waals surface area contributed by atoms with Gasteiger partial charge in [-0.05, 0) is 48.9 Å². The number of nitrogens with zero attached hydrogens (tertiary/aromatic N) is 1. The fourth-order valence-electron chi connectivity index (χ4n) is 6.53. The first kappa shape index (κ1) is 51.5. The second kappa shape index (κ2) is 27.8. The topological polar surface area (TPSA) is 208 Å². The molecule has 5 rings (SSSR count). The van der Waals surface area contributed by atoms with Crippen molar-refractivity contribution in [2.45, 2.75) is 25.1 Å². The number of imide groups is 2. The Bertz CT molecular complexity index is 2040. The van der Waals surface area contributed by atoms with Crippen LogP contribution in [0.3, 0.4) is 0 Å². The van der Waals surface area contributed by atoms with E-state index >= 15 is 0 Å². The van der Waals surface area contributed by atoms with Crippen molar-refractivity contribution >= 4 is 46.7 Å². The maximum Gasteiger partial charge on any atom is 0.416 e. The molecule has 2 aliphatic heterocycles. The lowest BCUT2D eigenvalue weighted by molar-refractivity contribution is -0.138. The molecule has 1 saturated heterocycles. The molecule has 0 aromatic heterocycles. The summed E-state index contributed by atoms with van der Waals surface area (Å²) in [6.45, 7) is 6.02. The number of carbonyl (C=O) groups is 5. The van der Waals surface area contributed by atoms with Gasteiger partial charge in [0, 0.05) is 24.3 Å². The molecule has 21 heteroatoms. The highest BCUT2D eigenvalue weighted by Gasteiger charge is 2.45. The van der Waals surface area contributed by atoms with Crippen LogP contribution in [-0.4, -0.2) is 159 Å². The summed E-state index contributed by atoms with van der Waals surface area (Å²) in [5.41, 5.74) is 0.712. The van der Waals surface area contributed by atoms with Crippen molar-refractivity contribution in [3.63, 3.8) is 0 Å². The molecule has 3 aromatic carbocycles. The van der Waals surface area contributed by atoms with Crippen LogP contribution in [0.1, 0.15) is 49.5 Å². The zero-order chi connectivity index (χ0) is 47.0. The lowest BCUT2D eigenvalue weighted by Gasteiger charge is -2.27. The van der Waals surface area contributed by atoms with Gasteiger partial charge in [-0.1, -0.05) is 24.3 Å². The summed E-state index contributed by atoms with van der Waals surface area (Å²) >= 11 is 0. The van der Waals surface area contributed by atoms with Gasteiger partial charge in [0.1, 0.15) is 12.6 Å². The second-order valence-corrected chi connectivity index (χ2v) is 14.4. The molecule has 360 valence electrons. The normalized spacial score (nSPS) is 15.0. The number of piperidine rings is 1. The molecule has 1 unspecified atom stereocenters. The molecule has 1 fully saturated rings. The van der Waals surface area contributed by atoms with Crippen LogP contribution in [0, 0.1) is 0 Å². The van der Waals surface area contributed by atoms with E-state index in [1.807, 2.05) is 0 Å². The number of amides is 4. The average molecular weight is 933 g/mol. The molecule has 18 nitrogen and oxygen atoms in total. The van der Waals surface area contributed by atoms with E-state index in [0.717, 1.165) is 17.0 Å². The van der Waals surface area contributed by atoms with Crippen molar-refractivity contribution in [1.82, 2.24) is 10.2 Å². The van der Waals surface area contributed by atoms with E-state index in [1.54, 1.807) is 30.3 Å². The van der Waals surface area contributed by atoms with E-state index in [9.17, 15) is 37.1 Å². The molecule has 0 aliphatic carbocycles. The largest absolute Gasteiger partial charge is 0.460 e. The van der Waals surface area contributed by atoms with Gasteiger partial charge in [0.05, 0.1) is 134 Å². The Labute approximate surface area is 379 Å². The highest BCUT2D eigenvalue weighted by Crippen LogP contribution is 2.33. The van der Waals surface area contributed by atoms with E-state index in [-0.39, 0.29) is 55.0 Å². The van der Waals surface area contributed by atoms with Gasteiger partial charge in [0.15, 0.2) is 0 Å². The highest BCUT2D eigenvalue weighted by molar-refractivity contribution is 6.25. The minimum Gasteiger partial charge on any atom is -0.460 e. The standard InChI is InChI=1S/C45H55F3N4O14/c46-45(47,48)32-5-3-6-33(31-32)50-36-9-2-1-7-34(36)44(57)66-30-29-65-28-27-64-26-25-63-24-23-62-22-21-61-20-19-60-18-17-59-16-15-58-14-13-49-37-10-4-8-35-40(37)43(56)52(42(35)55)38-11-12-39(53)51-41(38)54/h1-10,31,38,49-50H,11-30H2,(H,51,53,54). The van der Waals surface area contributed by atoms with Crippen LogP contribution in [0.2, 0.25) is 0 Å². The quantitative estimate of drug-likeness (QED) is 0.0454. The van der Waals surface area contributed by atoms with Crippen molar-refractivity contribution in [2.75, 3.05) is 129 Å². The summed E-state index contributed by atoms with van der Waals surface area (Å²) in [7, 11) is 0. The molecule has 0 saturated carbocycles. The third-order valence-corrected chi connectivity index (χ3v) is 9.71. The molecule has 4 amide bonds. The molecule has 0 radical (unpaired) electrons. The summed E-state index contributed by atoms with van der Waals surface area (Å²) in [6.07, 6.45) is -4.35. The van der Waals surface area contributed by atoms with Gasteiger partial charge < -0.3 is 53.3 Å². The second-order valence-electron chi connectivity index (χ2n) is 14.4. The van der Waals surface area contributed by atoms with E-state index < -0.39 is 47.4 Å². The molecule has 3 aromatic rings. The number of hydrogen-bond donors (Lipinski definition) is 3. The lowest BCUT2D eigenvalue weighted by Crippen LogP contribution is -2.54. The Morgan fingerprint density at radius 1 is 0.621 bits per heavy atom. The molecular formula is C45H55F3N4O14. The van der Waals surface area contributed by atoms with Crippen LogP contribution in [0.5, 0.6) is 0 Å². The number of hydrogen-bond acceptors (Lipinski definition) is 16. The maximum absolute atomic E-state index is 13.2. The van der Waals surface area contributed by atoms with Crippen molar-refractivity contribution < 1.29 is 79.8 Å². The number of para-hydroxylation sites is 1. The Morgan fingerprint density at radius 2 is 1.14 bits per heavy atom. The smallest absolute Gasteiger partial charge is 0.416 e. The maximum atomic E-state index is 13.2. The van der Waals surface area contributed by atoms with Gasteiger partial charge in [0.2, 0.25) is 11.8 Å². The van der Waals surface area contributed by atoms with E-state index in [2.05, 4.69) is 16.0 Å². The van der Waals surface area contributed by atoms with Gasteiger partial charge in [-0.25, -0.2) is 4.79 Å². The number of rotatable bonds is 32. The number of nitrogens with one attached hydrogen (secondary N) is 3. The number of ether oxygens (including phenoxy) is 9. The van der Waals surface area contributed by atoms with Crippen LogP contribution in [0.25, 0.3) is 0 Å². The molecule has 3 N–H and O–H groups in total. The first-order valence-electron chi connectivity index (χ1n) is 21.5. The third kappa shape index (κ3) is 16.7. The number of carbonyl (C=O) groups excluding carboxylic acids is 5. The Morgan fingerprint density at radius 3 is 1.70 bits per heavy atom. The van der Waals surface area contributed by atoms with Crippen molar-refractivity contribution in [3.05, 3.63) is 89.0 Å². The number of benzene rings is 3. The third-order valence-electron chi connectivity index (χ3n) is 9.71. The Kier molecular flexibility index (Phi) is 21.7. The first-order valence-corrected chi connectivity index (χ1v) is 21.5. The summed E-state index contributed by atoms with van der Waals surface area (Å²) in [6, 6.07) is 14.9. The molecule has 66 heavy (non-hydrogen) atoms. The van der Waals surface area contributed by atoms with Gasteiger partial charge in [-0.15, -0.1) is 0 Å². The van der Waals surface area contributed by atoms with E-state index in [1.165, 1.54) is 24.3 Å². The van der Waals surface area contributed by atoms with Crippen LogP contribution < -0.4 is 16.0 Å². The van der Waals surface area contributed by atoms with Crippen LogP contribution in [-0.2, 0) is 58.4 Å². The summed E-state index contributed by atoms with van der Waals surface area (Å²) in [5, 5.41) is 8.16. The molecule has 1 atom stereocenters. The number of alkyl halides is 3. The number of halogens is 3. The number of fused-ring (bicyclic) bond motifs is 1. The van der Waals surface area contributed by atoms with Gasteiger partial charge in [-0.3, -0.25) is 29.4 Å². The average Bonchev–Trinajstić information content (AvgIpc) is 3.55. The van der Waals surface area contributed by atoms with Crippen LogP contribution >= 0.6 is 0 Å². The number of esters is 1. The van der Waals surface area contributed by atoms with Gasteiger partial charge in [-0.2, -0.15) is 13.2 Å². The van der Waals surface area contributed by atoms with Crippen LogP contribution in [0.15, 0.2) is 66.7 Å². The van der Waals surface area contributed by atoms with Crippen LogP contribution in [0.4, 0.5) is 30.2 Å². The monoisotopic (exact) mass is 932 g/mol. The Hall–Kier alpha value is -5.52. The van der Waals surface area contributed by atoms with Crippen molar-refractivity contribution in [1.29, 1.82) is 0 Å². The fourth-order valence-corrected chi connectivity index (χ4v) is 6.53. The SMILES string of the molecule is O=C1CCC(N2C(=O)c3cccc(NCCOCCOCCOCCOCCOCCOCCOCCOCCOC(=O)c4ccccc4Nc4cccc(C(F)(F)F)c4)c3C2=O)C(=O)N1. The lowest BCUT2D eigenvalue weighted by atomic mass is 10.0. The highest BCUT2D eigenvalue weighted by atomic mass is 19.4. The summed E-state index contributed by atoms with van der Waals surface area (Å²) < 4.78 is 88.5. The minimum absolute atomic E-state index is 0.0211. The first-order chi connectivity index (χ1) is 32.0. The summed E-state index contributed by atoms with van der Waals surface area (Å²) in [4.78, 5) is 63.6. The zero-order valence-corrected chi connectivity index (χ0v) is 36.4. The predicted octanol–water partition coefficient (Wildman–Crippen LogP) is 4.25. The van der Waals surface area contributed by atoms with Gasteiger partial charge in [0.25, 0.3) is 11.8 Å². The Balaban J connectivity index is 0.748. The predicted molar refractivity (Wildman–Crippen MR) is 230 cm³/mol. The van der Waals surface area contributed by atoms with Gasteiger partial charge >= 0.3 is 12.1 Å². The van der Waals surface area contributed by atoms with Crippen molar-refractivity contribution in [2.24, 2.45) is 0 Å². The minimum atomic E-state index is -4.49. The van der Waals surface area contributed by atoms with E-state index in [0.29, 0.717) is 110 Å². The molecule has 2 heterocycles. The molecule has 2 aliphatic rings. The molecule has 0 bridgehead atoms. The van der Waals surface area contributed by atoms with E-state index in [4.69, 9.17) is 42.6 Å². The zero-order valence-electron chi connectivity index (χ0n) is 36.4.